The summed E-state index contributed by atoms with van der Waals surface area (Å²) in [7, 11) is 0. The summed E-state index contributed by atoms with van der Waals surface area (Å²) < 4.78 is 1.87. The van der Waals surface area contributed by atoms with Gasteiger partial charge in [0, 0.05) is 36.3 Å². The summed E-state index contributed by atoms with van der Waals surface area (Å²) in [6.45, 7) is 2.27. The van der Waals surface area contributed by atoms with E-state index in [9.17, 15) is 0 Å². The normalized spacial score (nSPS) is 12.2. The van der Waals surface area contributed by atoms with E-state index in [4.69, 9.17) is 0 Å². The molecule has 2 aromatic carbocycles. The van der Waals surface area contributed by atoms with Crippen LogP contribution in [0, 0.1) is 0 Å². The Kier molecular flexibility index (Phi) is 4.93. The second kappa shape index (κ2) is 7.67. The summed E-state index contributed by atoms with van der Waals surface area (Å²) in [4.78, 5) is 5.95. The van der Waals surface area contributed by atoms with Gasteiger partial charge in [0.1, 0.15) is 0 Å². The van der Waals surface area contributed by atoms with E-state index in [2.05, 4.69) is 71.6 Å². The number of aromatic nitrogens is 3. The van der Waals surface area contributed by atoms with E-state index in [1.807, 2.05) is 34.5 Å². The molecule has 0 fully saturated rings. The summed E-state index contributed by atoms with van der Waals surface area (Å²) in [5, 5.41) is 5.48. The Morgan fingerprint density at radius 2 is 1.81 bits per heavy atom. The molecule has 1 atom stereocenters. The molecule has 26 heavy (non-hydrogen) atoms. The van der Waals surface area contributed by atoms with Gasteiger partial charge in [0.25, 0.3) is 0 Å². The van der Waals surface area contributed by atoms with Crippen LogP contribution in [-0.4, -0.2) is 14.8 Å². The Hall–Kier alpha value is -2.72. The minimum absolute atomic E-state index is 0.489. The van der Waals surface area contributed by atoms with Gasteiger partial charge in [-0.1, -0.05) is 49.4 Å². The average Bonchev–Trinajstić information content (AvgIpc) is 3.35. The first kappa shape index (κ1) is 16.7. The predicted molar refractivity (Wildman–Crippen MR) is 107 cm³/mol. The van der Waals surface area contributed by atoms with E-state index in [0.717, 1.165) is 18.5 Å². The maximum atomic E-state index is 4.64. The Morgan fingerprint density at radius 3 is 2.54 bits per heavy atom. The van der Waals surface area contributed by atoms with E-state index in [0.29, 0.717) is 5.92 Å². The van der Waals surface area contributed by atoms with Crippen LogP contribution < -0.4 is 0 Å². The maximum Gasteiger partial charge on any atom is 0.0933 e. The average molecular weight is 359 g/mol. The van der Waals surface area contributed by atoms with Gasteiger partial charge >= 0.3 is 0 Å². The standard InChI is InChI=1S/C22H21N3S/c1-17(19-6-3-2-4-7-19)14-22-23-16-21(26-22)15-18-8-10-20(11-9-18)25-13-5-12-24-25/h2-13,16-17H,14-15H2,1H3. The largest absolute Gasteiger partial charge is 0.249 e. The Balaban J connectivity index is 1.40. The van der Waals surface area contributed by atoms with E-state index in [1.54, 1.807) is 6.20 Å². The molecule has 0 amide bonds. The zero-order chi connectivity index (χ0) is 17.8. The van der Waals surface area contributed by atoms with Crippen LogP contribution in [0.1, 0.15) is 33.9 Å². The first-order valence-corrected chi connectivity index (χ1v) is 9.67. The van der Waals surface area contributed by atoms with Crippen LogP contribution >= 0.6 is 11.3 Å². The molecule has 0 N–H and O–H groups in total. The Bertz CT molecular complexity index is 941. The fourth-order valence-corrected chi connectivity index (χ4v) is 4.16. The minimum atomic E-state index is 0.489. The van der Waals surface area contributed by atoms with Crippen molar-refractivity contribution >= 4 is 11.3 Å². The van der Waals surface area contributed by atoms with Crippen LogP contribution in [0.5, 0.6) is 0 Å². The molecule has 0 aliphatic heterocycles. The van der Waals surface area contributed by atoms with E-state index >= 15 is 0 Å². The fraction of sp³-hybridized carbons (Fsp3) is 0.182. The molecule has 0 aliphatic rings. The lowest BCUT2D eigenvalue weighted by atomic mass is 9.98. The number of benzene rings is 2. The molecular weight excluding hydrogens is 338 g/mol. The number of thiazole rings is 1. The summed E-state index contributed by atoms with van der Waals surface area (Å²) in [5.41, 5.74) is 3.76. The quantitative estimate of drug-likeness (QED) is 0.470. The molecular formula is C22H21N3S. The first-order valence-electron chi connectivity index (χ1n) is 8.85. The molecule has 0 saturated heterocycles. The molecule has 2 aromatic heterocycles. The number of nitrogens with zero attached hydrogens (tertiary/aromatic N) is 3. The van der Waals surface area contributed by atoms with Gasteiger partial charge in [0.15, 0.2) is 0 Å². The second-order valence-electron chi connectivity index (χ2n) is 6.53. The van der Waals surface area contributed by atoms with Crippen molar-refractivity contribution in [1.82, 2.24) is 14.8 Å². The van der Waals surface area contributed by atoms with Gasteiger partial charge < -0.3 is 0 Å². The van der Waals surface area contributed by atoms with Crippen molar-refractivity contribution in [3.8, 4) is 5.69 Å². The molecule has 130 valence electrons. The summed E-state index contributed by atoms with van der Waals surface area (Å²) in [6, 6.07) is 21.2. The highest BCUT2D eigenvalue weighted by atomic mass is 32.1. The van der Waals surface area contributed by atoms with E-state index in [-0.39, 0.29) is 0 Å². The molecule has 0 saturated carbocycles. The molecule has 0 radical (unpaired) electrons. The lowest BCUT2D eigenvalue weighted by molar-refractivity contribution is 0.754. The highest BCUT2D eigenvalue weighted by molar-refractivity contribution is 7.11. The third kappa shape index (κ3) is 3.92. The van der Waals surface area contributed by atoms with Gasteiger partial charge in [-0.05, 0) is 35.2 Å². The summed E-state index contributed by atoms with van der Waals surface area (Å²) >= 11 is 1.82. The van der Waals surface area contributed by atoms with Crippen molar-refractivity contribution in [2.75, 3.05) is 0 Å². The van der Waals surface area contributed by atoms with Crippen LogP contribution in [-0.2, 0) is 12.8 Å². The fourth-order valence-electron chi connectivity index (χ4n) is 3.07. The number of hydrogen-bond acceptors (Lipinski definition) is 3. The van der Waals surface area contributed by atoms with Crippen LogP contribution in [0.4, 0.5) is 0 Å². The smallest absolute Gasteiger partial charge is 0.0933 e. The minimum Gasteiger partial charge on any atom is -0.249 e. The molecule has 1 unspecified atom stereocenters. The van der Waals surface area contributed by atoms with Crippen LogP contribution in [0.15, 0.2) is 79.3 Å². The van der Waals surface area contributed by atoms with Gasteiger partial charge in [-0.3, -0.25) is 0 Å². The Labute approximate surface area is 158 Å². The predicted octanol–water partition coefficient (Wildman–Crippen LogP) is 5.27. The van der Waals surface area contributed by atoms with Gasteiger partial charge in [-0.15, -0.1) is 11.3 Å². The molecule has 4 heteroatoms. The SMILES string of the molecule is CC(Cc1ncc(Cc2ccc(-n3cccn3)cc2)s1)c1ccccc1. The highest BCUT2D eigenvalue weighted by Gasteiger charge is 2.10. The molecule has 4 rings (SSSR count). The Morgan fingerprint density at radius 1 is 1.00 bits per heavy atom. The monoisotopic (exact) mass is 359 g/mol. The van der Waals surface area contributed by atoms with Crippen molar-refractivity contribution in [2.24, 2.45) is 0 Å². The van der Waals surface area contributed by atoms with Crippen LogP contribution in [0.2, 0.25) is 0 Å². The summed E-state index contributed by atoms with van der Waals surface area (Å²) in [5.74, 6) is 0.489. The van der Waals surface area contributed by atoms with Gasteiger partial charge in [-0.2, -0.15) is 5.10 Å². The van der Waals surface area contributed by atoms with Crippen LogP contribution in [0.25, 0.3) is 5.69 Å². The van der Waals surface area contributed by atoms with Gasteiger partial charge in [0.2, 0.25) is 0 Å². The zero-order valence-electron chi connectivity index (χ0n) is 14.7. The highest BCUT2D eigenvalue weighted by Crippen LogP contribution is 2.24. The van der Waals surface area contributed by atoms with Crippen molar-refractivity contribution in [1.29, 1.82) is 0 Å². The van der Waals surface area contributed by atoms with Crippen molar-refractivity contribution in [2.45, 2.75) is 25.7 Å². The topological polar surface area (TPSA) is 30.7 Å². The van der Waals surface area contributed by atoms with Crippen molar-refractivity contribution < 1.29 is 0 Å². The number of rotatable bonds is 6. The van der Waals surface area contributed by atoms with Crippen molar-refractivity contribution in [3.63, 3.8) is 0 Å². The molecule has 0 spiro atoms. The third-order valence-electron chi connectivity index (χ3n) is 4.53. The summed E-state index contributed by atoms with van der Waals surface area (Å²) in [6.07, 6.45) is 7.70. The molecule has 4 aromatic rings. The van der Waals surface area contributed by atoms with Crippen molar-refractivity contribution in [3.05, 3.63) is 100 Å². The third-order valence-corrected chi connectivity index (χ3v) is 5.55. The molecule has 2 heterocycles. The zero-order valence-corrected chi connectivity index (χ0v) is 15.6. The molecule has 3 nitrogen and oxygen atoms in total. The van der Waals surface area contributed by atoms with Crippen LogP contribution in [0.3, 0.4) is 0 Å². The second-order valence-corrected chi connectivity index (χ2v) is 7.73. The molecule has 0 bridgehead atoms. The van der Waals surface area contributed by atoms with E-state index < -0.39 is 0 Å². The van der Waals surface area contributed by atoms with Gasteiger partial charge in [0.05, 0.1) is 10.7 Å². The number of hydrogen-bond donors (Lipinski definition) is 0. The maximum absolute atomic E-state index is 4.64. The first-order chi connectivity index (χ1) is 12.8. The lowest BCUT2D eigenvalue weighted by Gasteiger charge is -2.09. The lowest BCUT2D eigenvalue weighted by Crippen LogP contribution is -1.97. The van der Waals surface area contributed by atoms with Gasteiger partial charge in [-0.25, -0.2) is 9.67 Å². The molecule has 0 aliphatic carbocycles. The van der Waals surface area contributed by atoms with E-state index in [1.165, 1.54) is 21.0 Å².